The molecule has 0 saturated carbocycles. The summed E-state index contributed by atoms with van der Waals surface area (Å²) in [5.41, 5.74) is 1.16. The predicted molar refractivity (Wildman–Crippen MR) is 101 cm³/mol. The van der Waals surface area contributed by atoms with Gasteiger partial charge >= 0.3 is 0 Å². The Bertz CT molecular complexity index is 915. The van der Waals surface area contributed by atoms with Crippen LogP contribution in [0.4, 0.5) is 14.5 Å². The molecule has 1 aliphatic heterocycles. The summed E-state index contributed by atoms with van der Waals surface area (Å²) in [6.45, 7) is 0. The smallest absolute Gasteiger partial charge is 0.151 e. The van der Waals surface area contributed by atoms with E-state index in [4.69, 9.17) is 0 Å². The van der Waals surface area contributed by atoms with Gasteiger partial charge in [-0.15, -0.1) is 22.7 Å². The molecule has 0 aliphatic carbocycles. The molecule has 0 fully saturated rings. The van der Waals surface area contributed by atoms with E-state index in [1.165, 1.54) is 12.1 Å². The molecule has 1 atom stereocenters. The Morgan fingerprint density at radius 1 is 1.04 bits per heavy atom. The van der Waals surface area contributed by atoms with Crippen LogP contribution in [0.15, 0.2) is 64.4 Å². The minimum atomic E-state index is -0.603. The van der Waals surface area contributed by atoms with Crippen LogP contribution in [0.3, 0.4) is 0 Å². The summed E-state index contributed by atoms with van der Waals surface area (Å²) in [6, 6.07) is 11.5. The van der Waals surface area contributed by atoms with Crippen molar-refractivity contribution < 1.29 is 8.78 Å². The molecule has 0 bridgehead atoms. The Balaban J connectivity index is 1.68. The van der Waals surface area contributed by atoms with Gasteiger partial charge in [0.1, 0.15) is 5.82 Å². The fourth-order valence-corrected chi connectivity index (χ4v) is 4.22. The van der Waals surface area contributed by atoms with Gasteiger partial charge in [0, 0.05) is 22.2 Å². The van der Waals surface area contributed by atoms with Crippen LogP contribution in [0.5, 0.6) is 0 Å². The molecule has 0 radical (unpaired) electrons. The Morgan fingerprint density at radius 3 is 2.60 bits per heavy atom. The summed E-state index contributed by atoms with van der Waals surface area (Å²) in [7, 11) is 0. The van der Waals surface area contributed by atoms with Crippen molar-refractivity contribution in [1.29, 1.82) is 0 Å². The lowest BCUT2D eigenvalue weighted by Gasteiger charge is -2.23. The largest absolute Gasteiger partial charge is 0.254 e. The van der Waals surface area contributed by atoms with Crippen LogP contribution in [0, 0.1) is 11.6 Å². The quantitative estimate of drug-likeness (QED) is 0.539. The van der Waals surface area contributed by atoms with E-state index in [0.29, 0.717) is 12.1 Å². The number of anilines is 1. The van der Waals surface area contributed by atoms with Crippen molar-refractivity contribution in [2.45, 2.75) is 12.5 Å². The zero-order valence-electron chi connectivity index (χ0n) is 13.1. The first kappa shape index (κ1) is 16.2. The third-order valence-corrected chi connectivity index (χ3v) is 5.76. The van der Waals surface area contributed by atoms with Crippen molar-refractivity contribution in [3.63, 3.8) is 0 Å². The maximum Gasteiger partial charge on any atom is 0.151 e. The van der Waals surface area contributed by atoms with E-state index in [0.717, 1.165) is 21.5 Å². The molecule has 4 rings (SSSR count). The van der Waals surface area contributed by atoms with Gasteiger partial charge in [-0.25, -0.2) is 8.78 Å². The molecule has 2 nitrogen and oxygen atoms in total. The third-order valence-electron chi connectivity index (χ3n) is 3.95. The average Bonchev–Trinajstić information content (AvgIpc) is 3.34. The zero-order valence-corrected chi connectivity index (χ0v) is 14.7. The Morgan fingerprint density at radius 2 is 1.88 bits per heavy atom. The monoisotopic (exact) mass is 372 g/mol. The second-order valence-electron chi connectivity index (χ2n) is 5.62. The number of thiophene rings is 2. The second-order valence-corrected chi connectivity index (χ2v) is 7.57. The van der Waals surface area contributed by atoms with Gasteiger partial charge in [0.2, 0.25) is 0 Å². The van der Waals surface area contributed by atoms with Crippen molar-refractivity contribution in [2.75, 3.05) is 5.01 Å². The molecule has 0 saturated heterocycles. The number of rotatable bonds is 4. The molecular formula is C19H14F2N2S2. The number of halogens is 2. The number of allylic oxidation sites excluding steroid dienone is 1. The van der Waals surface area contributed by atoms with Crippen LogP contribution < -0.4 is 5.01 Å². The molecule has 1 aliphatic rings. The second kappa shape index (κ2) is 6.90. The molecule has 0 amide bonds. The summed E-state index contributed by atoms with van der Waals surface area (Å²) < 4.78 is 27.5. The highest BCUT2D eigenvalue weighted by molar-refractivity contribution is 7.10. The van der Waals surface area contributed by atoms with Gasteiger partial charge in [0.25, 0.3) is 0 Å². The predicted octanol–water partition coefficient (Wildman–Crippen LogP) is 6.11. The van der Waals surface area contributed by atoms with Gasteiger partial charge in [-0.05, 0) is 47.2 Å². The molecule has 6 heteroatoms. The van der Waals surface area contributed by atoms with Crippen molar-refractivity contribution in [3.05, 3.63) is 80.7 Å². The van der Waals surface area contributed by atoms with Gasteiger partial charge in [0.05, 0.1) is 17.4 Å². The summed E-state index contributed by atoms with van der Waals surface area (Å²) >= 11 is 3.26. The first-order valence-corrected chi connectivity index (χ1v) is 9.53. The highest BCUT2D eigenvalue weighted by Crippen LogP contribution is 2.38. The molecule has 0 N–H and O–H groups in total. The highest BCUT2D eigenvalue weighted by atomic mass is 32.1. The molecule has 3 aromatic rings. The van der Waals surface area contributed by atoms with Crippen molar-refractivity contribution in [3.8, 4) is 0 Å². The zero-order chi connectivity index (χ0) is 17.2. The van der Waals surface area contributed by atoms with Gasteiger partial charge in [0.15, 0.2) is 5.82 Å². The van der Waals surface area contributed by atoms with Crippen LogP contribution in [-0.4, -0.2) is 5.71 Å². The van der Waals surface area contributed by atoms with Crippen molar-refractivity contribution in [1.82, 2.24) is 0 Å². The molecular weight excluding hydrogens is 358 g/mol. The number of nitrogens with zero attached hydrogens (tertiary/aromatic N) is 2. The number of hydrogen-bond donors (Lipinski definition) is 0. The van der Waals surface area contributed by atoms with Gasteiger partial charge in [-0.1, -0.05) is 12.1 Å². The molecule has 2 aromatic heterocycles. The van der Waals surface area contributed by atoms with Crippen LogP contribution in [-0.2, 0) is 0 Å². The van der Waals surface area contributed by atoms with Crippen molar-refractivity contribution >= 4 is 40.1 Å². The lowest BCUT2D eigenvalue weighted by molar-refractivity contribution is 0.574. The Hall–Kier alpha value is -2.31. The number of benzene rings is 1. The standard InChI is InChI=1S/C19H14F2N2S2/c20-13-5-8-17(16(21)11-13)23-18(19-4-2-10-25-19)12-14(22-23)6-7-15-3-1-9-24-15/h1-11,18H,12H2/b7-6+. The molecule has 126 valence electrons. The SMILES string of the molecule is Fc1ccc(N2N=C(/C=C/c3cccs3)CC2c2cccs2)c(F)c1. The summed E-state index contributed by atoms with van der Waals surface area (Å²) in [4.78, 5) is 2.24. The summed E-state index contributed by atoms with van der Waals surface area (Å²) in [5, 5.41) is 10.3. The minimum absolute atomic E-state index is 0.0806. The fourth-order valence-electron chi connectivity index (χ4n) is 2.79. The number of hydrazone groups is 1. The van der Waals surface area contributed by atoms with Crippen LogP contribution in [0.25, 0.3) is 6.08 Å². The normalized spacial score (nSPS) is 17.4. The first-order valence-electron chi connectivity index (χ1n) is 7.77. The van der Waals surface area contributed by atoms with E-state index in [-0.39, 0.29) is 6.04 Å². The van der Waals surface area contributed by atoms with E-state index >= 15 is 0 Å². The lowest BCUT2D eigenvalue weighted by Crippen LogP contribution is -2.18. The van der Waals surface area contributed by atoms with Crippen LogP contribution in [0.2, 0.25) is 0 Å². The molecule has 3 heterocycles. The van der Waals surface area contributed by atoms with Gasteiger partial charge in [-0.2, -0.15) is 5.10 Å². The first-order chi connectivity index (χ1) is 12.2. The molecule has 1 aromatic carbocycles. The lowest BCUT2D eigenvalue weighted by atomic mass is 10.1. The van der Waals surface area contributed by atoms with E-state index < -0.39 is 11.6 Å². The Kier molecular flexibility index (Phi) is 4.46. The summed E-state index contributed by atoms with van der Waals surface area (Å²) in [5.74, 6) is -1.19. The summed E-state index contributed by atoms with van der Waals surface area (Å²) in [6.07, 6.45) is 4.66. The van der Waals surface area contributed by atoms with Crippen molar-refractivity contribution in [2.24, 2.45) is 5.10 Å². The molecule has 25 heavy (non-hydrogen) atoms. The van der Waals surface area contributed by atoms with Gasteiger partial charge < -0.3 is 0 Å². The third kappa shape index (κ3) is 3.41. The van der Waals surface area contributed by atoms with Gasteiger partial charge in [-0.3, -0.25) is 5.01 Å². The fraction of sp³-hybridized carbons (Fsp3) is 0.105. The van der Waals surface area contributed by atoms with Crippen LogP contribution in [0.1, 0.15) is 22.2 Å². The molecule has 0 spiro atoms. The highest BCUT2D eigenvalue weighted by Gasteiger charge is 2.30. The van der Waals surface area contributed by atoms with E-state index in [9.17, 15) is 8.78 Å². The molecule has 1 unspecified atom stereocenters. The topological polar surface area (TPSA) is 15.6 Å². The van der Waals surface area contributed by atoms with E-state index in [2.05, 4.69) is 5.10 Å². The maximum atomic E-state index is 14.3. The Labute approximate surface area is 152 Å². The minimum Gasteiger partial charge on any atom is -0.254 e. The van der Waals surface area contributed by atoms with E-state index in [1.54, 1.807) is 27.7 Å². The van der Waals surface area contributed by atoms with E-state index in [1.807, 2.05) is 47.2 Å². The average molecular weight is 372 g/mol. The van der Waals surface area contributed by atoms with Crippen LogP contribution >= 0.6 is 22.7 Å². The maximum absolute atomic E-state index is 14.3. The number of hydrogen-bond acceptors (Lipinski definition) is 4.